The van der Waals surface area contributed by atoms with Gasteiger partial charge in [-0.1, -0.05) is 6.07 Å². The molecular formula is C15H16F2N2O2. The molecule has 2 rings (SSSR count). The summed E-state index contributed by atoms with van der Waals surface area (Å²) in [6, 6.07) is 6.71. The molecule has 1 N–H and O–H groups in total. The Hall–Kier alpha value is -2.21. The summed E-state index contributed by atoms with van der Waals surface area (Å²) in [5, 5.41) is 2.91. The second-order valence-corrected chi connectivity index (χ2v) is 4.50. The number of nitrogens with one attached hydrogen (secondary N) is 1. The molecule has 6 heteroatoms. The molecule has 2 aromatic rings. The van der Waals surface area contributed by atoms with Crippen molar-refractivity contribution in [3.8, 4) is 0 Å². The molecule has 0 aliphatic carbocycles. The van der Waals surface area contributed by atoms with Crippen molar-refractivity contribution < 1.29 is 13.5 Å². The number of benzene rings is 1. The highest BCUT2D eigenvalue weighted by Crippen LogP contribution is 2.14. The third-order valence-corrected chi connectivity index (χ3v) is 3.05. The predicted octanol–water partition coefficient (Wildman–Crippen LogP) is 2.39. The Bertz CT molecular complexity index is 651. The fourth-order valence-electron chi connectivity index (χ4n) is 1.89. The van der Waals surface area contributed by atoms with E-state index in [1.807, 2.05) is 0 Å². The number of anilines is 1. The summed E-state index contributed by atoms with van der Waals surface area (Å²) in [7, 11) is 1.55. The van der Waals surface area contributed by atoms with Gasteiger partial charge in [-0.2, -0.15) is 0 Å². The van der Waals surface area contributed by atoms with Crippen LogP contribution in [0.4, 0.5) is 14.5 Å². The monoisotopic (exact) mass is 294 g/mol. The molecule has 0 aliphatic rings. The third-order valence-electron chi connectivity index (χ3n) is 3.05. The first-order valence-electron chi connectivity index (χ1n) is 6.48. The number of rotatable bonds is 6. The SMILES string of the molecule is COCCn1cc(NCc2c(F)cccc2F)ccc1=O. The molecule has 1 aromatic heterocycles. The summed E-state index contributed by atoms with van der Waals surface area (Å²) in [6.45, 7) is 0.825. The van der Waals surface area contributed by atoms with Gasteiger partial charge in [0.25, 0.3) is 5.56 Å². The smallest absolute Gasteiger partial charge is 0.250 e. The van der Waals surface area contributed by atoms with Gasteiger partial charge in [0.05, 0.1) is 12.3 Å². The first-order valence-corrected chi connectivity index (χ1v) is 6.48. The third kappa shape index (κ3) is 3.88. The van der Waals surface area contributed by atoms with Crippen LogP contribution in [0.2, 0.25) is 0 Å². The molecular weight excluding hydrogens is 278 g/mol. The number of methoxy groups -OCH3 is 1. The van der Waals surface area contributed by atoms with E-state index in [9.17, 15) is 13.6 Å². The predicted molar refractivity (Wildman–Crippen MR) is 76.3 cm³/mol. The molecule has 0 atom stereocenters. The second-order valence-electron chi connectivity index (χ2n) is 4.50. The Morgan fingerprint density at radius 2 is 1.90 bits per heavy atom. The molecule has 0 saturated heterocycles. The van der Waals surface area contributed by atoms with Crippen molar-refractivity contribution in [1.29, 1.82) is 0 Å². The van der Waals surface area contributed by atoms with Crippen LogP contribution < -0.4 is 10.9 Å². The van der Waals surface area contributed by atoms with Gasteiger partial charge in [0, 0.05) is 38.0 Å². The van der Waals surface area contributed by atoms with Crippen LogP contribution in [0.5, 0.6) is 0 Å². The van der Waals surface area contributed by atoms with Crippen LogP contribution in [0.15, 0.2) is 41.3 Å². The Kier molecular flexibility index (Phi) is 5.05. The molecule has 4 nitrogen and oxygen atoms in total. The number of hydrogen-bond donors (Lipinski definition) is 1. The van der Waals surface area contributed by atoms with E-state index >= 15 is 0 Å². The molecule has 1 aromatic carbocycles. The lowest BCUT2D eigenvalue weighted by molar-refractivity contribution is 0.186. The van der Waals surface area contributed by atoms with E-state index in [4.69, 9.17) is 4.74 Å². The summed E-state index contributed by atoms with van der Waals surface area (Å²) >= 11 is 0. The summed E-state index contributed by atoms with van der Waals surface area (Å²) in [5.41, 5.74) is 0.412. The lowest BCUT2D eigenvalue weighted by Crippen LogP contribution is -2.21. The maximum absolute atomic E-state index is 13.5. The molecule has 0 aliphatic heterocycles. The van der Waals surface area contributed by atoms with E-state index in [1.165, 1.54) is 28.8 Å². The van der Waals surface area contributed by atoms with E-state index < -0.39 is 11.6 Å². The van der Waals surface area contributed by atoms with Gasteiger partial charge in [-0.3, -0.25) is 4.79 Å². The van der Waals surface area contributed by atoms with E-state index in [0.717, 1.165) is 0 Å². The summed E-state index contributed by atoms with van der Waals surface area (Å²) in [6.07, 6.45) is 1.60. The van der Waals surface area contributed by atoms with Crippen LogP contribution in [0.1, 0.15) is 5.56 Å². The highest BCUT2D eigenvalue weighted by Gasteiger charge is 2.08. The molecule has 0 spiro atoms. The molecule has 112 valence electrons. The average Bonchev–Trinajstić information content (AvgIpc) is 2.47. The van der Waals surface area contributed by atoms with Gasteiger partial charge in [-0.05, 0) is 18.2 Å². The zero-order chi connectivity index (χ0) is 15.2. The van der Waals surface area contributed by atoms with Gasteiger partial charge in [-0.25, -0.2) is 8.78 Å². The maximum Gasteiger partial charge on any atom is 0.250 e. The van der Waals surface area contributed by atoms with Crippen molar-refractivity contribution in [3.63, 3.8) is 0 Å². The van der Waals surface area contributed by atoms with Crippen LogP contribution in [0.3, 0.4) is 0 Å². The number of aromatic nitrogens is 1. The number of pyridine rings is 1. The number of hydrogen-bond acceptors (Lipinski definition) is 3. The van der Waals surface area contributed by atoms with Crippen molar-refractivity contribution in [2.75, 3.05) is 19.0 Å². The van der Waals surface area contributed by atoms with Crippen molar-refractivity contribution in [1.82, 2.24) is 4.57 Å². The normalized spacial score (nSPS) is 10.6. The Balaban J connectivity index is 2.11. The highest BCUT2D eigenvalue weighted by atomic mass is 19.1. The number of ether oxygens (including phenoxy) is 1. The summed E-state index contributed by atoms with van der Waals surface area (Å²) < 4.78 is 33.4. The number of halogens is 2. The quantitative estimate of drug-likeness (QED) is 0.889. The van der Waals surface area contributed by atoms with Crippen LogP contribution in [-0.2, 0) is 17.8 Å². The van der Waals surface area contributed by atoms with Crippen LogP contribution in [0.25, 0.3) is 0 Å². The molecule has 0 fully saturated rings. The largest absolute Gasteiger partial charge is 0.383 e. The number of nitrogens with zero attached hydrogens (tertiary/aromatic N) is 1. The van der Waals surface area contributed by atoms with Crippen molar-refractivity contribution >= 4 is 5.69 Å². The lowest BCUT2D eigenvalue weighted by Gasteiger charge is -2.11. The van der Waals surface area contributed by atoms with Gasteiger partial charge in [0.1, 0.15) is 11.6 Å². The van der Waals surface area contributed by atoms with E-state index in [0.29, 0.717) is 18.8 Å². The van der Waals surface area contributed by atoms with Gasteiger partial charge in [0.2, 0.25) is 0 Å². The van der Waals surface area contributed by atoms with Crippen LogP contribution in [0, 0.1) is 11.6 Å². The van der Waals surface area contributed by atoms with Gasteiger partial charge in [0.15, 0.2) is 0 Å². The molecule has 0 bridgehead atoms. The Labute approximate surface area is 121 Å². The zero-order valence-electron chi connectivity index (χ0n) is 11.6. The molecule has 0 unspecified atom stereocenters. The van der Waals surface area contributed by atoms with Crippen molar-refractivity contribution in [3.05, 3.63) is 64.1 Å². The van der Waals surface area contributed by atoms with Gasteiger partial charge in [-0.15, -0.1) is 0 Å². The first kappa shape index (κ1) is 15.2. The molecule has 0 saturated carbocycles. The molecule has 0 amide bonds. The van der Waals surface area contributed by atoms with Gasteiger partial charge < -0.3 is 14.6 Å². The lowest BCUT2D eigenvalue weighted by atomic mass is 10.2. The molecule has 1 heterocycles. The standard InChI is InChI=1S/C15H16F2N2O2/c1-21-8-7-19-10-11(5-6-15(19)20)18-9-12-13(16)3-2-4-14(12)17/h2-6,10,18H,7-9H2,1H3. The molecule has 21 heavy (non-hydrogen) atoms. The first-order chi connectivity index (χ1) is 10.1. The summed E-state index contributed by atoms with van der Waals surface area (Å²) in [5.74, 6) is -1.20. The fourth-order valence-corrected chi connectivity index (χ4v) is 1.89. The maximum atomic E-state index is 13.5. The Morgan fingerprint density at radius 1 is 1.19 bits per heavy atom. The topological polar surface area (TPSA) is 43.3 Å². The average molecular weight is 294 g/mol. The summed E-state index contributed by atoms with van der Waals surface area (Å²) in [4.78, 5) is 11.6. The van der Waals surface area contributed by atoms with E-state index in [2.05, 4.69) is 5.32 Å². The zero-order valence-corrected chi connectivity index (χ0v) is 11.6. The van der Waals surface area contributed by atoms with Crippen molar-refractivity contribution in [2.24, 2.45) is 0 Å². The fraction of sp³-hybridized carbons (Fsp3) is 0.267. The minimum absolute atomic E-state index is 0.000980. The van der Waals surface area contributed by atoms with Crippen molar-refractivity contribution in [2.45, 2.75) is 13.1 Å². The molecule has 0 radical (unpaired) electrons. The van der Waals surface area contributed by atoms with Gasteiger partial charge >= 0.3 is 0 Å². The van der Waals surface area contributed by atoms with Crippen LogP contribution in [-0.4, -0.2) is 18.3 Å². The minimum atomic E-state index is -0.602. The highest BCUT2D eigenvalue weighted by molar-refractivity contribution is 5.41. The van der Waals surface area contributed by atoms with E-state index in [1.54, 1.807) is 19.4 Å². The second kappa shape index (κ2) is 6.99. The minimum Gasteiger partial charge on any atom is -0.383 e. The van der Waals surface area contributed by atoms with Crippen LogP contribution >= 0.6 is 0 Å². The Morgan fingerprint density at radius 3 is 2.57 bits per heavy atom. The van der Waals surface area contributed by atoms with E-state index in [-0.39, 0.29) is 17.7 Å².